The number of aromatic nitrogens is 3. The molecule has 3 heterocycles. The van der Waals surface area contributed by atoms with Gasteiger partial charge >= 0.3 is 6.03 Å². The fourth-order valence-corrected chi connectivity index (χ4v) is 3.21. The van der Waals surface area contributed by atoms with Gasteiger partial charge in [-0.25, -0.2) is 14.2 Å². The second kappa shape index (κ2) is 5.84. The van der Waals surface area contributed by atoms with Gasteiger partial charge in [0, 0.05) is 25.2 Å². The summed E-state index contributed by atoms with van der Waals surface area (Å²) in [7, 11) is 0. The summed E-state index contributed by atoms with van der Waals surface area (Å²) >= 11 is 0. The predicted octanol–water partition coefficient (Wildman–Crippen LogP) is 3.14. The zero-order chi connectivity index (χ0) is 17.4. The number of halogens is 1. The molecule has 6 nitrogen and oxygen atoms in total. The van der Waals surface area contributed by atoms with Gasteiger partial charge in [-0.2, -0.15) is 9.61 Å². The van der Waals surface area contributed by atoms with Crippen LogP contribution in [-0.2, 0) is 5.67 Å². The van der Waals surface area contributed by atoms with Crippen LogP contribution < -0.4 is 5.32 Å². The van der Waals surface area contributed by atoms with Gasteiger partial charge in [0.25, 0.3) is 0 Å². The van der Waals surface area contributed by atoms with E-state index in [1.54, 1.807) is 28.9 Å². The molecular formula is C18H18FN5O. The highest BCUT2D eigenvalue weighted by Crippen LogP contribution is 2.36. The average molecular weight is 339 g/mol. The van der Waals surface area contributed by atoms with Gasteiger partial charge in [0.1, 0.15) is 5.82 Å². The van der Waals surface area contributed by atoms with Gasteiger partial charge in [0.15, 0.2) is 11.3 Å². The van der Waals surface area contributed by atoms with E-state index in [-0.39, 0.29) is 19.0 Å². The summed E-state index contributed by atoms with van der Waals surface area (Å²) in [5.41, 5.74) is 0.566. The van der Waals surface area contributed by atoms with Crippen molar-refractivity contribution in [3.8, 4) is 0 Å². The number of nitrogens with one attached hydrogen (secondary N) is 1. The van der Waals surface area contributed by atoms with E-state index in [1.807, 2.05) is 31.2 Å². The lowest BCUT2D eigenvalue weighted by atomic mass is 9.95. The third-order valence-electron chi connectivity index (χ3n) is 4.51. The lowest BCUT2D eigenvalue weighted by molar-refractivity contribution is 0.169. The normalized spacial score (nSPS) is 20.2. The first kappa shape index (κ1) is 15.6. The number of nitrogens with zero attached hydrogens (tertiary/aromatic N) is 4. The lowest BCUT2D eigenvalue weighted by Crippen LogP contribution is -2.36. The van der Waals surface area contributed by atoms with Gasteiger partial charge in [-0.1, -0.05) is 30.3 Å². The molecule has 1 aliphatic heterocycles. The molecule has 2 amide bonds. The van der Waals surface area contributed by atoms with Crippen LogP contribution in [0.2, 0.25) is 0 Å². The van der Waals surface area contributed by atoms with Crippen LogP contribution in [0.5, 0.6) is 0 Å². The molecule has 1 unspecified atom stereocenters. The predicted molar refractivity (Wildman–Crippen MR) is 92.2 cm³/mol. The van der Waals surface area contributed by atoms with E-state index in [4.69, 9.17) is 0 Å². The Kier molecular flexibility index (Phi) is 3.63. The standard InChI is InChI=1S/C18H18FN5O/c1-13-11-16-20-9-7-15(24(16)22-13)21-17(25)23-10-8-18(19,12-23)14-5-3-2-4-6-14/h2-7,9,11H,8,10,12H2,1H3,(H,21,25). The first-order chi connectivity index (χ1) is 12.0. The molecular weight excluding hydrogens is 321 g/mol. The Hall–Kier alpha value is -2.96. The molecule has 0 bridgehead atoms. The number of rotatable bonds is 2. The Morgan fingerprint density at radius 2 is 2.08 bits per heavy atom. The highest BCUT2D eigenvalue weighted by Gasteiger charge is 2.41. The van der Waals surface area contributed by atoms with Gasteiger partial charge in [-0.15, -0.1) is 0 Å². The molecule has 0 aliphatic carbocycles. The Morgan fingerprint density at radius 3 is 2.88 bits per heavy atom. The number of urea groups is 1. The number of carbonyl (C=O) groups excluding carboxylic acids is 1. The molecule has 1 atom stereocenters. The number of amides is 2. The smallest absolute Gasteiger partial charge is 0.321 e. The fourth-order valence-electron chi connectivity index (χ4n) is 3.21. The minimum Gasteiger partial charge on any atom is -0.321 e. The molecule has 1 N–H and O–H groups in total. The SMILES string of the molecule is Cc1cc2nccc(NC(=O)N3CCC(F)(c4ccccc4)C3)n2n1. The van der Waals surface area contributed by atoms with Crippen molar-refractivity contribution in [3.05, 3.63) is 59.9 Å². The van der Waals surface area contributed by atoms with E-state index in [9.17, 15) is 4.79 Å². The number of aryl methyl sites for hydroxylation is 1. The number of benzene rings is 1. The largest absolute Gasteiger partial charge is 0.323 e. The zero-order valence-electron chi connectivity index (χ0n) is 13.8. The highest BCUT2D eigenvalue weighted by atomic mass is 19.1. The first-order valence-electron chi connectivity index (χ1n) is 8.17. The number of anilines is 1. The van der Waals surface area contributed by atoms with E-state index in [0.29, 0.717) is 23.6 Å². The number of fused-ring (bicyclic) bond motifs is 1. The van der Waals surface area contributed by atoms with Crippen LogP contribution in [0.25, 0.3) is 5.65 Å². The first-order valence-corrected chi connectivity index (χ1v) is 8.17. The summed E-state index contributed by atoms with van der Waals surface area (Å²) in [5.74, 6) is 0.513. The second-order valence-electron chi connectivity index (χ2n) is 6.32. The number of alkyl halides is 1. The van der Waals surface area contributed by atoms with Gasteiger partial charge < -0.3 is 4.90 Å². The van der Waals surface area contributed by atoms with Crippen LogP contribution >= 0.6 is 0 Å². The molecule has 0 saturated carbocycles. The third kappa shape index (κ3) is 2.82. The van der Waals surface area contributed by atoms with E-state index in [2.05, 4.69) is 15.4 Å². The number of hydrogen-bond acceptors (Lipinski definition) is 3. The van der Waals surface area contributed by atoms with Crippen molar-refractivity contribution in [1.29, 1.82) is 0 Å². The molecule has 2 aromatic heterocycles. The maximum atomic E-state index is 15.2. The molecule has 1 saturated heterocycles. The molecule has 1 aromatic carbocycles. The molecule has 0 radical (unpaired) electrons. The minimum atomic E-state index is -1.51. The minimum absolute atomic E-state index is 0.0369. The lowest BCUT2D eigenvalue weighted by Gasteiger charge is -2.21. The molecule has 1 aliphatic rings. The summed E-state index contributed by atoms with van der Waals surface area (Å²) in [6, 6.07) is 12.2. The summed E-state index contributed by atoms with van der Waals surface area (Å²) in [4.78, 5) is 18.3. The van der Waals surface area contributed by atoms with Crippen molar-refractivity contribution in [2.75, 3.05) is 18.4 Å². The number of hydrogen-bond donors (Lipinski definition) is 1. The maximum absolute atomic E-state index is 15.2. The van der Waals surface area contributed by atoms with Crippen molar-refractivity contribution in [2.45, 2.75) is 19.0 Å². The van der Waals surface area contributed by atoms with Crippen molar-refractivity contribution < 1.29 is 9.18 Å². The van der Waals surface area contributed by atoms with Crippen LogP contribution in [0.15, 0.2) is 48.7 Å². The van der Waals surface area contributed by atoms with Crippen LogP contribution in [0.4, 0.5) is 15.0 Å². The zero-order valence-corrected chi connectivity index (χ0v) is 13.8. The van der Waals surface area contributed by atoms with Gasteiger partial charge in [-0.3, -0.25) is 5.32 Å². The number of likely N-dealkylation sites (tertiary alicyclic amines) is 1. The van der Waals surface area contributed by atoms with Crippen LogP contribution in [0.3, 0.4) is 0 Å². The van der Waals surface area contributed by atoms with E-state index < -0.39 is 5.67 Å². The van der Waals surface area contributed by atoms with Crippen LogP contribution in [0, 0.1) is 6.92 Å². The van der Waals surface area contributed by atoms with Crippen molar-refractivity contribution in [1.82, 2.24) is 19.5 Å². The van der Waals surface area contributed by atoms with E-state index >= 15 is 4.39 Å². The molecule has 1 fully saturated rings. The van der Waals surface area contributed by atoms with Crippen molar-refractivity contribution >= 4 is 17.5 Å². The van der Waals surface area contributed by atoms with Gasteiger partial charge in [0.05, 0.1) is 12.2 Å². The average Bonchev–Trinajstić information content (AvgIpc) is 3.20. The van der Waals surface area contributed by atoms with E-state index in [0.717, 1.165) is 5.69 Å². The summed E-state index contributed by atoms with van der Waals surface area (Å²) in [6.07, 6.45) is 1.90. The Bertz CT molecular complexity index is 926. The summed E-state index contributed by atoms with van der Waals surface area (Å²) < 4.78 is 16.8. The van der Waals surface area contributed by atoms with Crippen molar-refractivity contribution in [3.63, 3.8) is 0 Å². The molecule has 25 heavy (non-hydrogen) atoms. The van der Waals surface area contributed by atoms with Crippen LogP contribution in [-0.4, -0.2) is 38.6 Å². The summed E-state index contributed by atoms with van der Waals surface area (Å²) in [5, 5.41) is 7.13. The van der Waals surface area contributed by atoms with Crippen LogP contribution in [0.1, 0.15) is 17.7 Å². The Labute approximate surface area is 144 Å². The third-order valence-corrected chi connectivity index (χ3v) is 4.51. The fraction of sp³-hybridized carbons (Fsp3) is 0.278. The number of carbonyl (C=O) groups is 1. The molecule has 7 heteroatoms. The maximum Gasteiger partial charge on any atom is 0.323 e. The van der Waals surface area contributed by atoms with E-state index in [1.165, 1.54) is 4.90 Å². The molecule has 128 valence electrons. The quantitative estimate of drug-likeness (QED) is 0.780. The van der Waals surface area contributed by atoms with Gasteiger partial charge in [-0.05, 0) is 18.6 Å². The topological polar surface area (TPSA) is 62.5 Å². The van der Waals surface area contributed by atoms with Gasteiger partial charge in [0.2, 0.25) is 0 Å². The Morgan fingerprint density at radius 1 is 1.28 bits per heavy atom. The Balaban J connectivity index is 1.52. The molecule has 0 spiro atoms. The molecule has 3 aromatic rings. The highest BCUT2D eigenvalue weighted by molar-refractivity contribution is 5.89. The monoisotopic (exact) mass is 339 g/mol. The second-order valence-corrected chi connectivity index (χ2v) is 6.32. The molecule has 4 rings (SSSR count). The summed E-state index contributed by atoms with van der Waals surface area (Å²) in [6.45, 7) is 2.26. The van der Waals surface area contributed by atoms with Crippen molar-refractivity contribution in [2.24, 2.45) is 0 Å².